The Morgan fingerprint density at radius 1 is 1.38 bits per heavy atom. The Balaban J connectivity index is 2.89. The third-order valence-corrected chi connectivity index (χ3v) is 4.28. The van der Waals surface area contributed by atoms with E-state index in [1.54, 1.807) is 6.92 Å². The molecule has 9 heteroatoms. The molecular weight excluding hydrogens is 298 g/mol. The molecule has 8 nitrogen and oxygen atoms in total. The number of anilines is 1. The van der Waals surface area contributed by atoms with E-state index in [-0.39, 0.29) is 18.5 Å². The number of aliphatic carboxylic acids is 1. The van der Waals surface area contributed by atoms with Crippen molar-refractivity contribution in [1.29, 1.82) is 0 Å². The fourth-order valence-electron chi connectivity index (χ4n) is 1.52. The summed E-state index contributed by atoms with van der Waals surface area (Å²) in [6.45, 7) is 1.48. The first-order valence-corrected chi connectivity index (χ1v) is 7.44. The number of amides is 1. The zero-order valence-electron chi connectivity index (χ0n) is 11.7. The average Bonchev–Trinajstić information content (AvgIpc) is 2.37. The number of nitrogens with two attached hydrogens (primary N) is 1. The molecule has 0 fully saturated rings. The van der Waals surface area contributed by atoms with Crippen molar-refractivity contribution < 1.29 is 23.1 Å². The summed E-state index contributed by atoms with van der Waals surface area (Å²) in [4.78, 5) is 21.5. The zero-order chi connectivity index (χ0) is 16.2. The number of carbonyl (C=O) groups is 2. The van der Waals surface area contributed by atoms with Crippen LogP contribution in [0.3, 0.4) is 0 Å². The molecule has 4 N–H and O–H groups in total. The first kappa shape index (κ1) is 16.9. The smallest absolute Gasteiger partial charge is 0.304 e. The van der Waals surface area contributed by atoms with Crippen LogP contribution in [0.5, 0.6) is 0 Å². The van der Waals surface area contributed by atoms with Gasteiger partial charge < -0.3 is 10.8 Å². The molecule has 0 heterocycles. The molecule has 116 valence electrons. The van der Waals surface area contributed by atoms with Crippen LogP contribution in [0.25, 0.3) is 0 Å². The molecule has 0 spiro atoms. The Hall–Kier alpha value is -2.13. The Morgan fingerprint density at radius 2 is 2.00 bits per heavy atom. The first-order valence-electron chi connectivity index (χ1n) is 6.00. The van der Waals surface area contributed by atoms with Crippen LogP contribution in [0.15, 0.2) is 18.2 Å². The number of hydrogen-bond acceptors (Lipinski definition) is 4. The summed E-state index contributed by atoms with van der Waals surface area (Å²) in [5.74, 6) is -1.69. The Kier molecular flexibility index (Phi) is 5.28. The maximum atomic E-state index is 12.0. The minimum atomic E-state index is -3.86. The lowest BCUT2D eigenvalue weighted by Crippen LogP contribution is -2.34. The summed E-state index contributed by atoms with van der Waals surface area (Å²) in [7, 11) is -2.58. The van der Waals surface area contributed by atoms with Crippen molar-refractivity contribution >= 4 is 27.8 Å². The third-order valence-electron chi connectivity index (χ3n) is 2.80. The van der Waals surface area contributed by atoms with Crippen LogP contribution in [-0.4, -0.2) is 43.3 Å². The second kappa shape index (κ2) is 6.55. The van der Waals surface area contributed by atoms with Crippen LogP contribution in [0.1, 0.15) is 22.3 Å². The fraction of sp³-hybridized carbons (Fsp3) is 0.333. The highest BCUT2D eigenvalue weighted by Crippen LogP contribution is 2.18. The van der Waals surface area contributed by atoms with Crippen molar-refractivity contribution in [3.8, 4) is 0 Å². The fourth-order valence-corrected chi connectivity index (χ4v) is 2.52. The summed E-state index contributed by atoms with van der Waals surface area (Å²) >= 11 is 0. The Bertz CT molecular complexity index is 657. The Labute approximate surface area is 122 Å². The largest absolute Gasteiger partial charge is 0.481 e. The summed E-state index contributed by atoms with van der Waals surface area (Å²) in [6.07, 6.45) is -0.295. The van der Waals surface area contributed by atoms with Gasteiger partial charge in [0.15, 0.2) is 0 Å². The van der Waals surface area contributed by atoms with Gasteiger partial charge in [-0.05, 0) is 30.7 Å². The van der Waals surface area contributed by atoms with Gasteiger partial charge in [-0.15, -0.1) is 0 Å². The Morgan fingerprint density at radius 3 is 2.48 bits per heavy atom. The number of nitrogens with zero attached hydrogens (tertiary/aromatic N) is 1. The van der Waals surface area contributed by atoms with E-state index >= 15 is 0 Å². The lowest BCUT2D eigenvalue weighted by Gasteiger charge is -2.18. The zero-order valence-corrected chi connectivity index (χ0v) is 12.5. The molecule has 0 aromatic heterocycles. The number of carbonyl (C=O) groups excluding carboxylic acids is 1. The van der Waals surface area contributed by atoms with E-state index in [4.69, 9.17) is 10.8 Å². The van der Waals surface area contributed by atoms with Crippen molar-refractivity contribution in [2.24, 2.45) is 5.73 Å². The van der Waals surface area contributed by atoms with E-state index < -0.39 is 22.1 Å². The number of hydrogen-bond donors (Lipinski definition) is 3. The summed E-state index contributed by atoms with van der Waals surface area (Å²) in [5, 5.41) is 8.56. The van der Waals surface area contributed by atoms with E-state index in [0.717, 1.165) is 4.31 Å². The second-order valence-electron chi connectivity index (χ2n) is 4.47. The van der Waals surface area contributed by atoms with Crippen molar-refractivity contribution in [2.75, 3.05) is 18.3 Å². The van der Waals surface area contributed by atoms with Crippen LogP contribution in [0.4, 0.5) is 5.69 Å². The summed E-state index contributed by atoms with van der Waals surface area (Å²) in [6, 6.07) is 4.31. The SMILES string of the molecule is Cc1cc(C(N)=O)ccc1NS(=O)(=O)N(C)CCC(=O)O. The minimum Gasteiger partial charge on any atom is -0.481 e. The number of carboxylic acid groups (broad SMARTS) is 1. The van der Waals surface area contributed by atoms with Crippen molar-refractivity contribution in [3.05, 3.63) is 29.3 Å². The molecule has 0 saturated heterocycles. The molecule has 0 unspecified atom stereocenters. The quantitative estimate of drug-likeness (QED) is 0.659. The van der Waals surface area contributed by atoms with Gasteiger partial charge in [0, 0.05) is 19.2 Å². The highest BCUT2D eigenvalue weighted by molar-refractivity contribution is 7.90. The molecule has 0 aliphatic carbocycles. The average molecular weight is 315 g/mol. The number of benzene rings is 1. The number of carboxylic acids is 1. The number of nitrogens with one attached hydrogen (secondary N) is 1. The molecule has 0 radical (unpaired) electrons. The lowest BCUT2D eigenvalue weighted by molar-refractivity contribution is -0.137. The number of primary amides is 1. The normalized spacial score (nSPS) is 11.4. The summed E-state index contributed by atoms with van der Waals surface area (Å²) < 4.78 is 27.3. The van der Waals surface area contributed by atoms with Gasteiger partial charge in [0.05, 0.1) is 12.1 Å². The molecule has 0 saturated carbocycles. The maximum Gasteiger partial charge on any atom is 0.304 e. The highest BCUT2D eigenvalue weighted by atomic mass is 32.2. The van der Waals surface area contributed by atoms with E-state index in [2.05, 4.69) is 4.72 Å². The van der Waals surface area contributed by atoms with Crippen molar-refractivity contribution in [3.63, 3.8) is 0 Å². The van der Waals surface area contributed by atoms with Gasteiger partial charge in [0.25, 0.3) is 0 Å². The minimum absolute atomic E-state index is 0.150. The van der Waals surface area contributed by atoms with E-state index in [9.17, 15) is 18.0 Å². The third kappa shape index (κ3) is 4.72. The van der Waals surface area contributed by atoms with Gasteiger partial charge in [-0.1, -0.05) is 0 Å². The number of aryl methyl sites for hydroxylation is 1. The van der Waals surface area contributed by atoms with Crippen LogP contribution >= 0.6 is 0 Å². The van der Waals surface area contributed by atoms with Crippen LogP contribution in [0, 0.1) is 6.92 Å². The van der Waals surface area contributed by atoms with E-state index in [1.165, 1.54) is 25.2 Å². The molecule has 0 aliphatic rings. The first-order chi connectivity index (χ1) is 9.63. The molecule has 1 amide bonds. The van der Waals surface area contributed by atoms with Gasteiger partial charge >= 0.3 is 16.2 Å². The van der Waals surface area contributed by atoms with E-state index in [1.807, 2.05) is 0 Å². The molecule has 0 bridgehead atoms. The predicted octanol–water partition coefficient (Wildman–Crippen LogP) is 0.157. The van der Waals surface area contributed by atoms with Crippen molar-refractivity contribution in [1.82, 2.24) is 4.31 Å². The topological polar surface area (TPSA) is 130 Å². The van der Waals surface area contributed by atoms with Gasteiger partial charge in [-0.25, -0.2) is 0 Å². The van der Waals surface area contributed by atoms with Crippen LogP contribution < -0.4 is 10.5 Å². The molecule has 21 heavy (non-hydrogen) atoms. The van der Waals surface area contributed by atoms with Crippen molar-refractivity contribution in [2.45, 2.75) is 13.3 Å². The van der Waals surface area contributed by atoms with Gasteiger partial charge in [0.1, 0.15) is 0 Å². The second-order valence-corrected chi connectivity index (χ2v) is 6.24. The lowest BCUT2D eigenvalue weighted by atomic mass is 10.1. The van der Waals surface area contributed by atoms with Gasteiger partial charge in [-0.2, -0.15) is 12.7 Å². The van der Waals surface area contributed by atoms with E-state index in [0.29, 0.717) is 11.3 Å². The highest BCUT2D eigenvalue weighted by Gasteiger charge is 2.19. The standard InChI is InChI=1S/C12H17N3O5S/c1-8-7-9(12(13)18)3-4-10(8)14-21(19,20)15(2)6-5-11(16)17/h3-4,7,14H,5-6H2,1-2H3,(H2,13,18)(H,16,17). The molecular formula is C12H17N3O5S. The molecule has 1 aromatic rings. The molecule has 1 rings (SSSR count). The van der Waals surface area contributed by atoms with Crippen LogP contribution in [-0.2, 0) is 15.0 Å². The van der Waals surface area contributed by atoms with Crippen LogP contribution in [0.2, 0.25) is 0 Å². The van der Waals surface area contributed by atoms with Gasteiger partial charge in [-0.3, -0.25) is 14.3 Å². The summed E-state index contributed by atoms with van der Waals surface area (Å²) in [5.41, 5.74) is 6.23. The predicted molar refractivity (Wildman–Crippen MR) is 77.1 cm³/mol. The maximum absolute atomic E-state index is 12.0. The molecule has 0 aliphatic heterocycles. The monoisotopic (exact) mass is 315 g/mol. The van der Waals surface area contributed by atoms with Gasteiger partial charge in [0.2, 0.25) is 5.91 Å². The molecule has 1 aromatic carbocycles. The number of rotatable bonds is 7. The molecule has 0 atom stereocenters.